The largest absolute Gasteiger partial charge is 0.465 e. The third-order valence-electron chi connectivity index (χ3n) is 3.89. The number of hydrogen-bond donors (Lipinski definition) is 0. The van der Waals surface area contributed by atoms with E-state index >= 15 is 0 Å². The summed E-state index contributed by atoms with van der Waals surface area (Å²) in [5.74, 6) is -0.329. The molecule has 0 aliphatic carbocycles. The minimum absolute atomic E-state index is 0.0320. The molecule has 0 N–H and O–H groups in total. The number of halogens is 1. The van der Waals surface area contributed by atoms with Crippen LogP contribution in [0.25, 0.3) is 0 Å². The van der Waals surface area contributed by atoms with Crippen molar-refractivity contribution in [1.82, 2.24) is 4.90 Å². The second-order valence-electron chi connectivity index (χ2n) is 5.37. The summed E-state index contributed by atoms with van der Waals surface area (Å²) in [5.41, 5.74) is 1.77. The average molecular weight is 325 g/mol. The number of anilines is 1. The van der Waals surface area contributed by atoms with Crippen LogP contribution in [0.1, 0.15) is 19.4 Å². The number of aryl methyl sites for hydroxylation is 1. The van der Waals surface area contributed by atoms with Gasteiger partial charge < -0.3 is 9.64 Å². The molecule has 6 heteroatoms. The van der Waals surface area contributed by atoms with E-state index in [4.69, 9.17) is 16.3 Å². The van der Waals surface area contributed by atoms with E-state index in [9.17, 15) is 9.59 Å². The van der Waals surface area contributed by atoms with Crippen molar-refractivity contribution in [2.75, 3.05) is 31.1 Å². The van der Waals surface area contributed by atoms with Crippen LogP contribution in [0.3, 0.4) is 0 Å². The number of carbonyl (C=O) groups excluding carboxylic acids is 2. The molecule has 1 aliphatic rings. The molecule has 0 spiro atoms. The maximum absolute atomic E-state index is 12.6. The van der Waals surface area contributed by atoms with Gasteiger partial charge in [-0.3, -0.25) is 14.5 Å². The second kappa shape index (κ2) is 7.11. The number of rotatable bonds is 4. The maximum Gasteiger partial charge on any atom is 0.320 e. The van der Waals surface area contributed by atoms with Crippen LogP contribution < -0.4 is 4.90 Å². The summed E-state index contributed by atoms with van der Waals surface area (Å²) >= 11 is 6.14. The van der Waals surface area contributed by atoms with Crippen molar-refractivity contribution >= 4 is 29.2 Å². The minimum Gasteiger partial charge on any atom is -0.465 e. The molecule has 1 amide bonds. The topological polar surface area (TPSA) is 49.9 Å². The Bertz CT molecular complexity index is 577. The standard InChI is InChI=1S/C16H21ClN2O3/c1-4-22-15(20)10-18-7-8-19(16(21)12(18)3)13-6-5-11(2)14(17)9-13/h5-6,9,12H,4,7-8,10H2,1-3H3/t12-/m0/s1. The number of piperazine rings is 1. The number of amides is 1. The number of nitrogens with zero attached hydrogens (tertiary/aromatic N) is 2. The van der Waals surface area contributed by atoms with Gasteiger partial charge in [-0.15, -0.1) is 0 Å². The molecular weight excluding hydrogens is 304 g/mol. The number of ether oxygens (including phenoxy) is 1. The van der Waals surface area contributed by atoms with E-state index in [2.05, 4.69) is 0 Å². The molecule has 22 heavy (non-hydrogen) atoms. The molecule has 5 nitrogen and oxygen atoms in total. The van der Waals surface area contributed by atoms with Gasteiger partial charge in [0.05, 0.1) is 19.2 Å². The predicted molar refractivity (Wildman–Crippen MR) is 86.2 cm³/mol. The summed E-state index contributed by atoms with van der Waals surface area (Å²) in [6, 6.07) is 5.24. The van der Waals surface area contributed by atoms with Crippen LogP contribution in [0.15, 0.2) is 18.2 Å². The van der Waals surface area contributed by atoms with Gasteiger partial charge in [0.25, 0.3) is 0 Å². The highest BCUT2D eigenvalue weighted by Crippen LogP contribution is 2.25. The van der Waals surface area contributed by atoms with Crippen molar-refractivity contribution in [2.45, 2.75) is 26.8 Å². The van der Waals surface area contributed by atoms with Gasteiger partial charge in [-0.05, 0) is 38.5 Å². The first kappa shape index (κ1) is 16.8. The van der Waals surface area contributed by atoms with Crippen molar-refractivity contribution in [3.8, 4) is 0 Å². The lowest BCUT2D eigenvalue weighted by molar-refractivity contribution is -0.145. The molecule has 1 aliphatic heterocycles. The molecule has 120 valence electrons. The van der Waals surface area contributed by atoms with Gasteiger partial charge in [-0.2, -0.15) is 0 Å². The molecule has 1 aromatic rings. The molecule has 1 heterocycles. The van der Waals surface area contributed by atoms with Crippen LogP contribution in [0.4, 0.5) is 5.69 Å². The number of hydrogen-bond acceptors (Lipinski definition) is 4. The van der Waals surface area contributed by atoms with Crippen molar-refractivity contribution in [2.24, 2.45) is 0 Å². The highest BCUT2D eigenvalue weighted by atomic mass is 35.5. The maximum atomic E-state index is 12.6. The third kappa shape index (κ3) is 3.59. The van der Waals surface area contributed by atoms with E-state index in [-0.39, 0.29) is 24.5 Å². The van der Waals surface area contributed by atoms with E-state index < -0.39 is 0 Å². The Labute approximate surface area is 135 Å². The van der Waals surface area contributed by atoms with Crippen molar-refractivity contribution in [1.29, 1.82) is 0 Å². The van der Waals surface area contributed by atoms with Crippen LogP contribution in [0.2, 0.25) is 5.02 Å². The van der Waals surface area contributed by atoms with Crippen molar-refractivity contribution in [3.63, 3.8) is 0 Å². The lowest BCUT2D eigenvalue weighted by atomic mass is 10.1. The highest BCUT2D eigenvalue weighted by Gasteiger charge is 2.33. The summed E-state index contributed by atoms with van der Waals surface area (Å²) in [4.78, 5) is 27.7. The third-order valence-corrected chi connectivity index (χ3v) is 4.29. The van der Waals surface area contributed by atoms with Gasteiger partial charge in [-0.1, -0.05) is 17.7 Å². The van der Waals surface area contributed by atoms with Crippen molar-refractivity contribution in [3.05, 3.63) is 28.8 Å². The zero-order valence-electron chi connectivity index (χ0n) is 13.1. The van der Waals surface area contributed by atoms with E-state index in [1.54, 1.807) is 11.8 Å². The quantitative estimate of drug-likeness (QED) is 0.797. The van der Waals surface area contributed by atoms with Gasteiger partial charge in [0, 0.05) is 23.8 Å². The summed E-state index contributed by atoms with van der Waals surface area (Å²) < 4.78 is 4.95. The van der Waals surface area contributed by atoms with Crippen LogP contribution in [0.5, 0.6) is 0 Å². The van der Waals surface area contributed by atoms with Gasteiger partial charge in [-0.25, -0.2) is 0 Å². The Balaban J connectivity index is 2.08. The van der Waals surface area contributed by atoms with E-state index in [1.807, 2.05) is 36.9 Å². The van der Waals surface area contributed by atoms with Crippen LogP contribution in [0, 0.1) is 6.92 Å². The monoisotopic (exact) mass is 324 g/mol. The Morgan fingerprint density at radius 2 is 2.14 bits per heavy atom. The van der Waals surface area contributed by atoms with Gasteiger partial charge in [0.2, 0.25) is 5.91 Å². The van der Waals surface area contributed by atoms with Gasteiger partial charge in [0.15, 0.2) is 0 Å². The van der Waals surface area contributed by atoms with Crippen LogP contribution in [-0.4, -0.2) is 49.1 Å². The Kier molecular flexibility index (Phi) is 5.42. The fourth-order valence-electron chi connectivity index (χ4n) is 2.51. The molecular formula is C16H21ClN2O3. The zero-order chi connectivity index (χ0) is 16.3. The molecule has 0 aromatic heterocycles. The Morgan fingerprint density at radius 3 is 2.77 bits per heavy atom. The number of esters is 1. The number of carbonyl (C=O) groups is 2. The molecule has 1 aromatic carbocycles. The normalized spacial score (nSPS) is 19.4. The molecule has 1 atom stereocenters. The predicted octanol–water partition coefficient (Wildman–Crippen LogP) is 2.25. The first-order chi connectivity index (χ1) is 10.4. The molecule has 1 saturated heterocycles. The molecule has 0 unspecified atom stereocenters. The van der Waals surface area contributed by atoms with E-state index in [0.717, 1.165) is 11.3 Å². The van der Waals surface area contributed by atoms with Crippen LogP contribution in [-0.2, 0) is 14.3 Å². The van der Waals surface area contributed by atoms with Crippen LogP contribution >= 0.6 is 11.6 Å². The molecule has 0 bridgehead atoms. The SMILES string of the molecule is CCOC(=O)CN1CCN(c2ccc(C)c(Cl)c2)C(=O)[C@@H]1C. The zero-order valence-corrected chi connectivity index (χ0v) is 13.9. The Morgan fingerprint density at radius 1 is 1.41 bits per heavy atom. The van der Waals surface area contributed by atoms with E-state index in [0.29, 0.717) is 24.7 Å². The fourth-order valence-corrected chi connectivity index (χ4v) is 2.68. The highest BCUT2D eigenvalue weighted by molar-refractivity contribution is 6.31. The second-order valence-corrected chi connectivity index (χ2v) is 5.78. The Hall–Kier alpha value is -1.59. The summed E-state index contributed by atoms with van der Waals surface area (Å²) in [5, 5.41) is 0.645. The smallest absolute Gasteiger partial charge is 0.320 e. The first-order valence-corrected chi connectivity index (χ1v) is 7.79. The summed E-state index contributed by atoms with van der Waals surface area (Å²) in [7, 11) is 0. The molecule has 0 saturated carbocycles. The summed E-state index contributed by atoms with van der Waals surface area (Å²) in [6.45, 7) is 7.15. The van der Waals surface area contributed by atoms with Crippen molar-refractivity contribution < 1.29 is 14.3 Å². The molecule has 0 radical (unpaired) electrons. The minimum atomic E-state index is -0.363. The lowest BCUT2D eigenvalue weighted by Gasteiger charge is -2.38. The van der Waals surface area contributed by atoms with E-state index in [1.165, 1.54) is 0 Å². The molecule has 2 rings (SSSR count). The lowest BCUT2D eigenvalue weighted by Crippen LogP contribution is -2.57. The average Bonchev–Trinajstić information content (AvgIpc) is 2.47. The molecule has 1 fully saturated rings. The fraction of sp³-hybridized carbons (Fsp3) is 0.500. The number of benzene rings is 1. The van der Waals surface area contributed by atoms with Gasteiger partial charge >= 0.3 is 5.97 Å². The summed E-state index contributed by atoms with van der Waals surface area (Å²) in [6.07, 6.45) is 0. The van der Waals surface area contributed by atoms with Gasteiger partial charge in [0.1, 0.15) is 0 Å². The first-order valence-electron chi connectivity index (χ1n) is 7.41.